The Kier molecular flexibility index (Phi) is 7.20. The molecule has 0 amide bonds. The number of likely N-dealkylation sites (tertiary alicyclic amines) is 1. The highest BCUT2D eigenvalue weighted by Crippen LogP contribution is 2.20. The van der Waals surface area contributed by atoms with Crippen LogP contribution in [0.4, 0.5) is 0 Å². The van der Waals surface area contributed by atoms with Crippen molar-refractivity contribution in [3.05, 3.63) is 35.4 Å². The normalized spacial score (nSPS) is 19.8. The smallest absolute Gasteiger partial charge is 0.0502 e. The average Bonchev–Trinajstić information content (AvgIpc) is 2.50. The predicted octanol–water partition coefficient (Wildman–Crippen LogP) is 3.04. The van der Waals surface area contributed by atoms with E-state index in [9.17, 15) is 0 Å². The molecule has 1 heterocycles. The molecule has 21 heavy (non-hydrogen) atoms. The third-order valence-electron chi connectivity index (χ3n) is 4.26. The minimum Gasteiger partial charge on any atom is -0.384 e. The molecule has 1 aromatic carbocycles. The van der Waals surface area contributed by atoms with Gasteiger partial charge in [0.05, 0.1) is 6.61 Å². The quantitative estimate of drug-likeness (QED) is 0.745. The van der Waals surface area contributed by atoms with Crippen molar-refractivity contribution in [2.24, 2.45) is 5.92 Å². The third kappa shape index (κ3) is 5.42. The molecule has 0 aliphatic carbocycles. The van der Waals surface area contributed by atoms with Crippen LogP contribution >= 0.6 is 0 Å². The maximum atomic E-state index is 5.33. The lowest BCUT2D eigenvalue weighted by Crippen LogP contribution is -2.36. The Labute approximate surface area is 129 Å². The fraction of sp³-hybridized carbons (Fsp3) is 0.667. The molecule has 0 aromatic heterocycles. The van der Waals surface area contributed by atoms with E-state index in [0.717, 1.165) is 26.2 Å². The summed E-state index contributed by atoms with van der Waals surface area (Å²) in [5.41, 5.74) is 2.92. The highest BCUT2D eigenvalue weighted by Gasteiger charge is 2.20. The fourth-order valence-corrected chi connectivity index (χ4v) is 3.19. The summed E-state index contributed by atoms with van der Waals surface area (Å²) >= 11 is 0. The molecule has 2 rings (SSSR count). The van der Waals surface area contributed by atoms with E-state index in [-0.39, 0.29) is 0 Å². The number of benzene rings is 1. The highest BCUT2D eigenvalue weighted by atomic mass is 16.5. The molecule has 1 aliphatic heterocycles. The molecule has 1 saturated heterocycles. The zero-order valence-electron chi connectivity index (χ0n) is 13.6. The van der Waals surface area contributed by atoms with Gasteiger partial charge in [-0.25, -0.2) is 0 Å². The molecule has 3 heteroatoms. The predicted molar refractivity (Wildman–Crippen MR) is 88.3 cm³/mol. The van der Waals surface area contributed by atoms with Crippen LogP contribution in [0.25, 0.3) is 0 Å². The van der Waals surface area contributed by atoms with Crippen molar-refractivity contribution in [3.8, 4) is 0 Å². The maximum absolute atomic E-state index is 5.33. The minimum absolute atomic E-state index is 0.703. The SMILES string of the molecule is CCCNCc1ccccc1CN1CCCC(COC)C1. The van der Waals surface area contributed by atoms with Crippen LogP contribution in [0.1, 0.15) is 37.3 Å². The van der Waals surface area contributed by atoms with E-state index in [1.807, 2.05) is 7.11 Å². The molecule has 1 aromatic rings. The molecular weight excluding hydrogens is 260 g/mol. The fourth-order valence-electron chi connectivity index (χ4n) is 3.19. The first-order valence-corrected chi connectivity index (χ1v) is 8.32. The molecular formula is C18H30N2O. The summed E-state index contributed by atoms with van der Waals surface area (Å²) in [6.45, 7) is 8.65. The Morgan fingerprint density at radius 2 is 2.10 bits per heavy atom. The molecule has 1 N–H and O–H groups in total. The zero-order chi connectivity index (χ0) is 14.9. The van der Waals surface area contributed by atoms with Crippen LogP contribution in [0.3, 0.4) is 0 Å². The van der Waals surface area contributed by atoms with Gasteiger partial charge in [-0.3, -0.25) is 4.90 Å². The second kappa shape index (κ2) is 9.19. The first-order valence-electron chi connectivity index (χ1n) is 8.32. The van der Waals surface area contributed by atoms with Crippen molar-refractivity contribution in [1.29, 1.82) is 0 Å². The summed E-state index contributed by atoms with van der Waals surface area (Å²) in [4.78, 5) is 2.59. The molecule has 118 valence electrons. The Morgan fingerprint density at radius 1 is 1.29 bits per heavy atom. The van der Waals surface area contributed by atoms with Crippen LogP contribution in [0.5, 0.6) is 0 Å². The molecule has 0 bridgehead atoms. The molecule has 1 unspecified atom stereocenters. The number of methoxy groups -OCH3 is 1. The van der Waals surface area contributed by atoms with E-state index < -0.39 is 0 Å². The van der Waals surface area contributed by atoms with Gasteiger partial charge in [-0.2, -0.15) is 0 Å². The first kappa shape index (κ1) is 16.5. The van der Waals surface area contributed by atoms with E-state index in [2.05, 4.69) is 41.4 Å². The Bertz CT molecular complexity index is 406. The van der Waals surface area contributed by atoms with Crippen LogP contribution in [0.2, 0.25) is 0 Å². The van der Waals surface area contributed by atoms with E-state index in [0.29, 0.717) is 5.92 Å². The lowest BCUT2D eigenvalue weighted by atomic mass is 9.97. The van der Waals surface area contributed by atoms with Gasteiger partial charge >= 0.3 is 0 Å². The monoisotopic (exact) mass is 290 g/mol. The standard InChI is InChI=1S/C18H30N2O/c1-3-10-19-12-17-8-4-5-9-18(17)14-20-11-6-7-16(13-20)15-21-2/h4-5,8-9,16,19H,3,6-7,10-15H2,1-2H3. The number of nitrogens with one attached hydrogen (secondary N) is 1. The van der Waals surface area contributed by atoms with E-state index in [1.54, 1.807) is 0 Å². The summed E-state index contributed by atoms with van der Waals surface area (Å²) in [5, 5.41) is 3.52. The highest BCUT2D eigenvalue weighted by molar-refractivity contribution is 5.27. The van der Waals surface area contributed by atoms with Crippen LogP contribution < -0.4 is 5.32 Å². The van der Waals surface area contributed by atoms with Gasteiger partial charge in [-0.05, 0) is 49.4 Å². The van der Waals surface area contributed by atoms with Gasteiger partial charge in [0.1, 0.15) is 0 Å². The van der Waals surface area contributed by atoms with Crippen molar-refractivity contribution < 1.29 is 4.74 Å². The van der Waals surface area contributed by atoms with E-state index in [4.69, 9.17) is 4.74 Å². The van der Waals surface area contributed by atoms with Gasteiger partial charge in [0.15, 0.2) is 0 Å². The summed E-state index contributed by atoms with van der Waals surface area (Å²) < 4.78 is 5.33. The van der Waals surface area contributed by atoms with Crippen molar-refractivity contribution in [2.45, 2.75) is 39.3 Å². The molecule has 0 spiro atoms. The van der Waals surface area contributed by atoms with Gasteiger partial charge < -0.3 is 10.1 Å². The van der Waals surface area contributed by atoms with Gasteiger partial charge in [-0.15, -0.1) is 0 Å². The van der Waals surface area contributed by atoms with Crippen molar-refractivity contribution >= 4 is 0 Å². The Morgan fingerprint density at radius 3 is 2.86 bits per heavy atom. The van der Waals surface area contributed by atoms with Crippen LogP contribution in [-0.2, 0) is 17.8 Å². The summed E-state index contributed by atoms with van der Waals surface area (Å²) in [6, 6.07) is 8.85. The lowest BCUT2D eigenvalue weighted by Gasteiger charge is -2.32. The van der Waals surface area contributed by atoms with E-state index >= 15 is 0 Å². The molecule has 1 fully saturated rings. The second-order valence-corrected chi connectivity index (χ2v) is 6.14. The third-order valence-corrected chi connectivity index (χ3v) is 4.26. The number of piperidine rings is 1. The first-order chi connectivity index (χ1) is 10.3. The van der Waals surface area contributed by atoms with Crippen LogP contribution in [0, 0.1) is 5.92 Å². The molecule has 0 radical (unpaired) electrons. The Balaban J connectivity index is 1.92. The Hall–Kier alpha value is -0.900. The summed E-state index contributed by atoms with van der Waals surface area (Å²) in [6.07, 6.45) is 3.79. The summed E-state index contributed by atoms with van der Waals surface area (Å²) in [5.74, 6) is 0.703. The van der Waals surface area contributed by atoms with Gasteiger partial charge in [0.25, 0.3) is 0 Å². The largest absolute Gasteiger partial charge is 0.384 e. The molecule has 3 nitrogen and oxygen atoms in total. The average molecular weight is 290 g/mol. The van der Waals surface area contributed by atoms with Crippen molar-refractivity contribution in [3.63, 3.8) is 0 Å². The molecule has 1 atom stereocenters. The van der Waals surface area contributed by atoms with Crippen molar-refractivity contribution in [1.82, 2.24) is 10.2 Å². The maximum Gasteiger partial charge on any atom is 0.0502 e. The lowest BCUT2D eigenvalue weighted by molar-refractivity contribution is 0.0872. The van der Waals surface area contributed by atoms with E-state index in [1.165, 1.54) is 43.5 Å². The number of rotatable bonds is 8. The number of hydrogen-bond acceptors (Lipinski definition) is 3. The minimum atomic E-state index is 0.703. The molecule has 1 aliphatic rings. The van der Waals surface area contributed by atoms with Gasteiger partial charge in [0, 0.05) is 26.7 Å². The topological polar surface area (TPSA) is 24.5 Å². The number of ether oxygens (including phenoxy) is 1. The number of hydrogen-bond donors (Lipinski definition) is 1. The van der Waals surface area contributed by atoms with Crippen molar-refractivity contribution in [2.75, 3.05) is 33.4 Å². The summed E-state index contributed by atoms with van der Waals surface area (Å²) in [7, 11) is 1.81. The van der Waals surface area contributed by atoms with Gasteiger partial charge in [0.2, 0.25) is 0 Å². The number of nitrogens with zero attached hydrogens (tertiary/aromatic N) is 1. The van der Waals surface area contributed by atoms with Crippen LogP contribution in [0.15, 0.2) is 24.3 Å². The zero-order valence-corrected chi connectivity index (χ0v) is 13.6. The van der Waals surface area contributed by atoms with Crippen LogP contribution in [-0.4, -0.2) is 38.3 Å². The molecule has 0 saturated carbocycles. The van der Waals surface area contributed by atoms with Gasteiger partial charge in [-0.1, -0.05) is 31.2 Å². The second-order valence-electron chi connectivity index (χ2n) is 6.14.